The molecule has 0 saturated heterocycles. The van der Waals surface area contributed by atoms with E-state index >= 15 is 0 Å². The molecule has 3 rings (SSSR count). The molecule has 6 heteroatoms. The molecule has 0 saturated carbocycles. The van der Waals surface area contributed by atoms with Gasteiger partial charge in [-0.2, -0.15) is 0 Å². The van der Waals surface area contributed by atoms with E-state index in [9.17, 15) is 4.79 Å². The van der Waals surface area contributed by atoms with Crippen LogP contribution in [0.1, 0.15) is 21.5 Å². The summed E-state index contributed by atoms with van der Waals surface area (Å²) in [6.07, 6.45) is 0.842. The molecule has 0 spiro atoms. The summed E-state index contributed by atoms with van der Waals surface area (Å²) in [5, 5.41) is 7.54. The Kier molecular flexibility index (Phi) is 7.04. The zero-order chi connectivity index (χ0) is 19.9. The van der Waals surface area contributed by atoms with Crippen LogP contribution in [0.5, 0.6) is 0 Å². The van der Waals surface area contributed by atoms with Crippen LogP contribution in [-0.2, 0) is 6.42 Å². The van der Waals surface area contributed by atoms with Gasteiger partial charge in [-0.05, 0) is 54.5 Å². The van der Waals surface area contributed by atoms with Crippen LogP contribution in [0, 0.1) is 0 Å². The summed E-state index contributed by atoms with van der Waals surface area (Å²) in [6.45, 7) is 0.678. The lowest BCUT2D eigenvalue weighted by Gasteiger charge is -2.14. The first-order chi connectivity index (χ1) is 13.5. The van der Waals surface area contributed by atoms with E-state index in [0.717, 1.165) is 6.42 Å². The van der Waals surface area contributed by atoms with E-state index in [1.807, 2.05) is 18.2 Å². The Balaban J connectivity index is 1.71. The predicted molar refractivity (Wildman–Crippen MR) is 121 cm³/mol. The second-order valence-corrected chi connectivity index (χ2v) is 7.37. The fraction of sp³-hybridized carbons (Fsp3) is 0.0909. The third-order valence-electron chi connectivity index (χ3n) is 4.13. The number of halogens is 2. The molecule has 0 aliphatic rings. The van der Waals surface area contributed by atoms with Gasteiger partial charge >= 0.3 is 0 Å². The molecule has 142 valence electrons. The Bertz CT molecular complexity index is 993. The number of rotatable bonds is 6. The standard InChI is InChI=1S/C22H18Cl2N2OS/c23-16-10-11-20(18(14-16)21(27)17-8-4-5-9-19(17)24)26-22(28)25-13-12-15-6-2-1-3-7-15/h1-11,14H,12-13H2,(H2,25,26,28). The Morgan fingerprint density at radius 3 is 2.36 bits per heavy atom. The highest BCUT2D eigenvalue weighted by Gasteiger charge is 2.17. The van der Waals surface area contributed by atoms with Crippen LogP contribution < -0.4 is 10.6 Å². The number of hydrogen-bond acceptors (Lipinski definition) is 2. The van der Waals surface area contributed by atoms with Crippen molar-refractivity contribution in [2.75, 3.05) is 11.9 Å². The van der Waals surface area contributed by atoms with Crippen molar-refractivity contribution in [1.29, 1.82) is 0 Å². The smallest absolute Gasteiger partial charge is 0.196 e. The van der Waals surface area contributed by atoms with Crippen LogP contribution in [0.15, 0.2) is 72.8 Å². The van der Waals surface area contributed by atoms with Crippen molar-refractivity contribution < 1.29 is 4.79 Å². The molecule has 0 aromatic heterocycles. The van der Waals surface area contributed by atoms with Crippen molar-refractivity contribution in [3.8, 4) is 0 Å². The Morgan fingerprint density at radius 2 is 1.61 bits per heavy atom. The highest BCUT2D eigenvalue weighted by atomic mass is 35.5. The number of benzene rings is 3. The summed E-state index contributed by atoms with van der Waals surface area (Å²) in [5.74, 6) is -0.220. The van der Waals surface area contributed by atoms with Gasteiger partial charge in [0.25, 0.3) is 0 Å². The lowest BCUT2D eigenvalue weighted by Crippen LogP contribution is -2.30. The minimum atomic E-state index is -0.220. The molecule has 3 nitrogen and oxygen atoms in total. The zero-order valence-corrected chi connectivity index (χ0v) is 17.2. The van der Waals surface area contributed by atoms with Gasteiger partial charge in [-0.25, -0.2) is 0 Å². The summed E-state index contributed by atoms with van der Waals surface area (Å²) < 4.78 is 0. The molecule has 28 heavy (non-hydrogen) atoms. The van der Waals surface area contributed by atoms with Gasteiger partial charge in [-0.3, -0.25) is 4.79 Å². The molecule has 3 aromatic rings. The van der Waals surface area contributed by atoms with E-state index in [-0.39, 0.29) is 5.78 Å². The van der Waals surface area contributed by atoms with Gasteiger partial charge in [0.05, 0.1) is 10.7 Å². The van der Waals surface area contributed by atoms with Gasteiger partial charge < -0.3 is 10.6 Å². The van der Waals surface area contributed by atoms with Crippen LogP contribution in [0.3, 0.4) is 0 Å². The van der Waals surface area contributed by atoms with Crippen molar-refractivity contribution in [1.82, 2.24) is 5.32 Å². The summed E-state index contributed by atoms with van der Waals surface area (Å²) >= 11 is 17.7. The van der Waals surface area contributed by atoms with Gasteiger partial charge in [0.2, 0.25) is 0 Å². The topological polar surface area (TPSA) is 41.1 Å². The molecule has 0 atom stereocenters. The SMILES string of the molecule is O=C(c1ccccc1Cl)c1cc(Cl)ccc1NC(=S)NCCc1ccccc1. The number of hydrogen-bond donors (Lipinski definition) is 2. The fourth-order valence-electron chi connectivity index (χ4n) is 2.74. The van der Waals surface area contributed by atoms with Gasteiger partial charge in [-0.1, -0.05) is 65.7 Å². The Labute approximate surface area is 179 Å². The summed E-state index contributed by atoms with van der Waals surface area (Å²) in [6, 6.07) is 22.1. The van der Waals surface area contributed by atoms with Crippen molar-refractivity contribution in [3.63, 3.8) is 0 Å². The Hall–Kier alpha value is -2.40. The maximum atomic E-state index is 13.0. The van der Waals surface area contributed by atoms with Gasteiger partial charge in [0, 0.05) is 22.7 Å². The molecule has 0 amide bonds. The number of anilines is 1. The van der Waals surface area contributed by atoms with Gasteiger partial charge in [-0.15, -0.1) is 0 Å². The summed E-state index contributed by atoms with van der Waals surface area (Å²) in [7, 11) is 0. The fourth-order valence-corrected chi connectivity index (χ4v) is 3.34. The normalized spacial score (nSPS) is 10.4. The monoisotopic (exact) mass is 428 g/mol. The first-order valence-electron chi connectivity index (χ1n) is 8.72. The number of ketones is 1. The summed E-state index contributed by atoms with van der Waals surface area (Å²) in [4.78, 5) is 13.0. The number of carbonyl (C=O) groups is 1. The highest BCUT2D eigenvalue weighted by Crippen LogP contribution is 2.26. The van der Waals surface area contributed by atoms with Crippen molar-refractivity contribution >= 4 is 52.0 Å². The van der Waals surface area contributed by atoms with Gasteiger partial charge in [0.1, 0.15) is 0 Å². The largest absolute Gasteiger partial charge is 0.362 e. The number of carbonyl (C=O) groups excluding carboxylic acids is 1. The molecular weight excluding hydrogens is 411 g/mol. The maximum absolute atomic E-state index is 13.0. The zero-order valence-electron chi connectivity index (χ0n) is 14.9. The molecule has 0 unspecified atom stereocenters. The minimum absolute atomic E-state index is 0.220. The van der Waals surface area contributed by atoms with E-state index < -0.39 is 0 Å². The average molecular weight is 429 g/mol. The molecule has 0 aliphatic carbocycles. The van der Waals surface area contributed by atoms with E-state index in [4.69, 9.17) is 35.4 Å². The van der Waals surface area contributed by atoms with Crippen molar-refractivity contribution in [2.24, 2.45) is 0 Å². The molecule has 0 heterocycles. The maximum Gasteiger partial charge on any atom is 0.196 e. The van der Waals surface area contributed by atoms with E-state index in [1.54, 1.807) is 42.5 Å². The van der Waals surface area contributed by atoms with Crippen molar-refractivity contribution in [3.05, 3.63) is 99.5 Å². The van der Waals surface area contributed by atoms with Crippen LogP contribution in [0.4, 0.5) is 5.69 Å². The number of thiocarbonyl (C=S) groups is 1. The second kappa shape index (κ2) is 9.69. The minimum Gasteiger partial charge on any atom is -0.362 e. The molecular formula is C22H18Cl2N2OS. The van der Waals surface area contributed by atoms with Gasteiger partial charge in [0.15, 0.2) is 10.9 Å². The number of nitrogens with one attached hydrogen (secondary N) is 2. The first-order valence-corrected chi connectivity index (χ1v) is 9.88. The van der Waals surface area contributed by atoms with Crippen molar-refractivity contribution in [2.45, 2.75) is 6.42 Å². The van der Waals surface area contributed by atoms with Crippen LogP contribution in [0.2, 0.25) is 10.0 Å². The molecule has 2 N–H and O–H groups in total. The van der Waals surface area contributed by atoms with E-state index in [0.29, 0.717) is 38.5 Å². The van der Waals surface area contributed by atoms with Crippen LogP contribution in [0.25, 0.3) is 0 Å². The molecule has 0 radical (unpaired) electrons. The lowest BCUT2D eigenvalue weighted by atomic mass is 10.0. The molecule has 0 aliphatic heterocycles. The first kappa shape index (κ1) is 20.3. The highest BCUT2D eigenvalue weighted by molar-refractivity contribution is 7.80. The Morgan fingerprint density at radius 1 is 0.893 bits per heavy atom. The third kappa shape index (κ3) is 5.32. The van der Waals surface area contributed by atoms with E-state index in [2.05, 4.69) is 22.8 Å². The van der Waals surface area contributed by atoms with Crippen LogP contribution >= 0.6 is 35.4 Å². The molecule has 0 bridgehead atoms. The lowest BCUT2D eigenvalue weighted by molar-refractivity contribution is 0.103. The van der Waals surface area contributed by atoms with Crippen LogP contribution in [-0.4, -0.2) is 17.4 Å². The predicted octanol–water partition coefficient (Wildman–Crippen LogP) is 5.75. The quantitative estimate of drug-likeness (QED) is 0.387. The van der Waals surface area contributed by atoms with E-state index in [1.165, 1.54) is 5.56 Å². The average Bonchev–Trinajstić information content (AvgIpc) is 2.70. The summed E-state index contributed by atoms with van der Waals surface area (Å²) in [5.41, 5.74) is 2.62. The third-order valence-corrected chi connectivity index (χ3v) is 4.95. The molecule has 0 fully saturated rings. The second-order valence-electron chi connectivity index (χ2n) is 6.12. The molecule has 3 aromatic carbocycles.